The first-order valence-electron chi connectivity index (χ1n) is 11.4. The van der Waals surface area contributed by atoms with E-state index < -0.39 is 0 Å². The summed E-state index contributed by atoms with van der Waals surface area (Å²) >= 11 is 1.76. The van der Waals surface area contributed by atoms with Gasteiger partial charge in [0.1, 0.15) is 0 Å². The third-order valence-electron chi connectivity index (χ3n) is 5.20. The van der Waals surface area contributed by atoms with Crippen LogP contribution in [0.25, 0.3) is 0 Å². The lowest BCUT2D eigenvalue weighted by Crippen LogP contribution is -2.21. The van der Waals surface area contributed by atoms with Crippen molar-refractivity contribution < 1.29 is 9.53 Å². The van der Waals surface area contributed by atoms with Gasteiger partial charge in [-0.1, -0.05) is 97.8 Å². The lowest BCUT2D eigenvalue weighted by molar-refractivity contribution is -0.144. The van der Waals surface area contributed by atoms with Gasteiger partial charge in [-0.2, -0.15) is 0 Å². The lowest BCUT2D eigenvalue weighted by atomic mass is 10.0. The van der Waals surface area contributed by atoms with E-state index in [1.54, 1.807) is 11.8 Å². The molecule has 3 heteroatoms. The van der Waals surface area contributed by atoms with E-state index in [0.717, 1.165) is 12.2 Å². The molecule has 0 saturated carbocycles. The zero-order chi connectivity index (χ0) is 19.5. The fourth-order valence-electron chi connectivity index (χ4n) is 3.13. The molecule has 2 nitrogen and oxygen atoms in total. The molecule has 156 valence electrons. The minimum atomic E-state index is -0.0166. The maximum atomic E-state index is 12.1. The molecule has 0 aliphatic rings. The molecule has 0 aromatic rings. The molecular weight excluding hydrogens is 340 g/mol. The number of rotatable bonds is 19. The smallest absolute Gasteiger partial charge is 0.318 e. The number of hydrogen-bond donors (Lipinski definition) is 0. The van der Waals surface area contributed by atoms with Crippen LogP contribution in [0.15, 0.2) is 0 Å². The van der Waals surface area contributed by atoms with Gasteiger partial charge in [-0.15, -0.1) is 11.8 Å². The van der Waals surface area contributed by atoms with Gasteiger partial charge >= 0.3 is 5.97 Å². The van der Waals surface area contributed by atoms with E-state index in [1.807, 2.05) is 6.92 Å². The first-order chi connectivity index (χ1) is 12.7. The molecule has 0 amide bonds. The highest BCUT2D eigenvalue weighted by atomic mass is 32.2. The Morgan fingerprint density at radius 2 is 1.35 bits per heavy atom. The molecule has 0 aliphatic carbocycles. The Balaban J connectivity index is 3.51. The molecular formula is C23H46O2S. The SMILES string of the molecule is CCCCCCCCCCCCSC(C)C(=O)OCC(CC)CCCC. The van der Waals surface area contributed by atoms with Crippen LogP contribution in [0, 0.1) is 5.92 Å². The molecule has 0 fully saturated rings. The average Bonchev–Trinajstić information content (AvgIpc) is 2.65. The number of esters is 1. The summed E-state index contributed by atoms with van der Waals surface area (Å²) in [6.45, 7) is 9.28. The normalized spacial score (nSPS) is 13.5. The fourth-order valence-corrected chi connectivity index (χ4v) is 4.06. The molecule has 0 N–H and O–H groups in total. The highest BCUT2D eigenvalue weighted by molar-refractivity contribution is 8.00. The Labute approximate surface area is 168 Å². The third kappa shape index (κ3) is 16.0. The molecule has 0 saturated heterocycles. The Kier molecular flexibility index (Phi) is 19.4. The van der Waals surface area contributed by atoms with Gasteiger partial charge in [0.2, 0.25) is 0 Å². The summed E-state index contributed by atoms with van der Waals surface area (Å²) in [7, 11) is 0. The van der Waals surface area contributed by atoms with Crippen molar-refractivity contribution in [1.82, 2.24) is 0 Å². The summed E-state index contributed by atoms with van der Waals surface area (Å²) in [5.41, 5.74) is 0. The second-order valence-electron chi connectivity index (χ2n) is 7.74. The minimum absolute atomic E-state index is 0.0164. The van der Waals surface area contributed by atoms with Gasteiger partial charge in [-0.3, -0.25) is 4.79 Å². The van der Waals surface area contributed by atoms with Gasteiger partial charge in [-0.05, 0) is 31.4 Å². The molecule has 0 aromatic heterocycles. The number of thioether (sulfide) groups is 1. The molecule has 0 rings (SSSR count). The minimum Gasteiger partial charge on any atom is -0.465 e. The van der Waals surface area contributed by atoms with E-state index >= 15 is 0 Å². The molecule has 0 spiro atoms. The summed E-state index contributed by atoms with van der Waals surface area (Å²) in [4.78, 5) is 12.1. The maximum absolute atomic E-state index is 12.1. The number of unbranched alkanes of at least 4 members (excludes halogenated alkanes) is 10. The van der Waals surface area contributed by atoms with E-state index in [9.17, 15) is 4.79 Å². The van der Waals surface area contributed by atoms with Crippen molar-refractivity contribution in [2.24, 2.45) is 5.92 Å². The van der Waals surface area contributed by atoms with Crippen LogP contribution in [0.1, 0.15) is 118 Å². The van der Waals surface area contributed by atoms with E-state index in [4.69, 9.17) is 4.74 Å². The largest absolute Gasteiger partial charge is 0.465 e. The number of ether oxygens (including phenoxy) is 1. The van der Waals surface area contributed by atoms with Crippen molar-refractivity contribution in [2.75, 3.05) is 12.4 Å². The van der Waals surface area contributed by atoms with E-state index in [0.29, 0.717) is 12.5 Å². The van der Waals surface area contributed by atoms with Gasteiger partial charge in [0.05, 0.1) is 11.9 Å². The highest BCUT2D eigenvalue weighted by Gasteiger charge is 2.16. The van der Waals surface area contributed by atoms with Crippen LogP contribution in [0.3, 0.4) is 0 Å². The lowest BCUT2D eigenvalue weighted by Gasteiger charge is -2.16. The summed E-state index contributed by atoms with van der Waals surface area (Å²) in [6.07, 6.45) is 18.4. The summed E-state index contributed by atoms with van der Waals surface area (Å²) in [6, 6.07) is 0. The zero-order valence-corrected chi connectivity index (χ0v) is 19.0. The second kappa shape index (κ2) is 19.6. The van der Waals surface area contributed by atoms with Crippen molar-refractivity contribution in [3.05, 3.63) is 0 Å². The third-order valence-corrected chi connectivity index (χ3v) is 6.42. The molecule has 0 aliphatic heterocycles. The van der Waals surface area contributed by atoms with Crippen LogP contribution in [0.5, 0.6) is 0 Å². The number of hydrogen-bond acceptors (Lipinski definition) is 3. The van der Waals surface area contributed by atoms with Gasteiger partial charge in [0, 0.05) is 0 Å². The standard InChI is InChI=1S/C23H46O2S/c1-5-8-10-11-12-13-14-15-16-17-19-26-21(4)23(24)25-20-22(7-3)18-9-6-2/h21-22H,5-20H2,1-4H3. The van der Waals surface area contributed by atoms with Crippen molar-refractivity contribution >= 4 is 17.7 Å². The quantitative estimate of drug-likeness (QED) is 0.167. The monoisotopic (exact) mass is 386 g/mol. The van der Waals surface area contributed by atoms with Crippen molar-refractivity contribution in [2.45, 2.75) is 123 Å². The van der Waals surface area contributed by atoms with Crippen molar-refractivity contribution in [1.29, 1.82) is 0 Å². The molecule has 2 atom stereocenters. The Morgan fingerprint density at radius 1 is 0.808 bits per heavy atom. The highest BCUT2D eigenvalue weighted by Crippen LogP contribution is 2.18. The second-order valence-corrected chi connectivity index (χ2v) is 9.19. The summed E-state index contributed by atoms with van der Waals surface area (Å²) < 4.78 is 5.54. The predicted octanol–water partition coefficient (Wildman–Crippen LogP) is 7.79. The van der Waals surface area contributed by atoms with Gasteiger partial charge in [0.15, 0.2) is 0 Å². The average molecular weight is 387 g/mol. The van der Waals surface area contributed by atoms with Crippen LogP contribution < -0.4 is 0 Å². The first-order valence-corrected chi connectivity index (χ1v) is 12.5. The van der Waals surface area contributed by atoms with Gasteiger partial charge in [0.25, 0.3) is 0 Å². The summed E-state index contributed by atoms with van der Waals surface area (Å²) in [5.74, 6) is 1.61. The molecule has 0 radical (unpaired) electrons. The van der Waals surface area contributed by atoms with Gasteiger partial charge in [-0.25, -0.2) is 0 Å². The fraction of sp³-hybridized carbons (Fsp3) is 0.957. The van der Waals surface area contributed by atoms with Crippen LogP contribution in [0.2, 0.25) is 0 Å². The molecule has 2 unspecified atom stereocenters. The number of carbonyl (C=O) groups is 1. The first kappa shape index (κ1) is 25.8. The van der Waals surface area contributed by atoms with E-state index in [-0.39, 0.29) is 11.2 Å². The summed E-state index contributed by atoms with van der Waals surface area (Å²) in [5, 5.41) is -0.0164. The predicted molar refractivity (Wildman–Crippen MR) is 118 cm³/mol. The van der Waals surface area contributed by atoms with Crippen molar-refractivity contribution in [3.63, 3.8) is 0 Å². The van der Waals surface area contributed by atoms with E-state index in [2.05, 4.69) is 20.8 Å². The molecule has 26 heavy (non-hydrogen) atoms. The van der Waals surface area contributed by atoms with Crippen LogP contribution in [0.4, 0.5) is 0 Å². The van der Waals surface area contributed by atoms with Crippen LogP contribution >= 0.6 is 11.8 Å². The van der Waals surface area contributed by atoms with Crippen molar-refractivity contribution in [3.8, 4) is 0 Å². The topological polar surface area (TPSA) is 26.3 Å². The Morgan fingerprint density at radius 3 is 1.88 bits per heavy atom. The Bertz CT molecular complexity index is 307. The maximum Gasteiger partial charge on any atom is 0.318 e. The van der Waals surface area contributed by atoms with Crippen LogP contribution in [-0.4, -0.2) is 23.6 Å². The molecule has 0 aromatic carbocycles. The zero-order valence-electron chi connectivity index (χ0n) is 18.2. The van der Waals surface area contributed by atoms with Crippen LogP contribution in [-0.2, 0) is 9.53 Å². The molecule has 0 bridgehead atoms. The van der Waals surface area contributed by atoms with E-state index in [1.165, 1.54) is 83.5 Å². The Hall–Kier alpha value is -0.180. The number of carbonyl (C=O) groups excluding carboxylic acids is 1. The molecule has 0 heterocycles. The van der Waals surface area contributed by atoms with Gasteiger partial charge < -0.3 is 4.74 Å².